The fourth-order valence-electron chi connectivity index (χ4n) is 2.11. The van der Waals surface area contributed by atoms with Gasteiger partial charge in [-0.05, 0) is 38.7 Å². The molecule has 1 atom stereocenters. The van der Waals surface area contributed by atoms with Gasteiger partial charge in [0, 0.05) is 27.2 Å². The number of aliphatic imine (C=N–C) groups is 1. The summed E-state index contributed by atoms with van der Waals surface area (Å²) in [4.78, 5) is 19.5. The molecule has 8 heteroatoms. The van der Waals surface area contributed by atoms with Gasteiger partial charge in [-0.15, -0.1) is 24.0 Å². The van der Waals surface area contributed by atoms with Crippen LogP contribution < -0.4 is 10.6 Å². The quantitative estimate of drug-likeness (QED) is 0.366. The number of halogens is 2. The van der Waals surface area contributed by atoms with E-state index >= 15 is 0 Å². The summed E-state index contributed by atoms with van der Waals surface area (Å²) < 4.78 is 13.1. The fraction of sp³-hybridized carbons (Fsp3) is 0.529. The Balaban J connectivity index is 0.00000576. The average molecular weight is 465 g/mol. The number of nitrogens with zero attached hydrogens (tertiary/aromatic N) is 3. The zero-order chi connectivity index (χ0) is 18.1. The minimum absolute atomic E-state index is 0. The van der Waals surface area contributed by atoms with Crippen molar-refractivity contribution in [2.24, 2.45) is 4.99 Å². The van der Waals surface area contributed by atoms with Gasteiger partial charge in [-0.1, -0.05) is 12.1 Å². The Morgan fingerprint density at radius 3 is 2.24 bits per heavy atom. The standard InChI is InChI=1S/C17H28FN5O.HI/c1-6-19-17(21-12-16(24)23(4)5)20-11-15(22(2)3)13-7-9-14(18)10-8-13;/h7-10,15H,6,11-12H2,1-5H3,(H2,19,20,21);1H. The molecule has 0 bridgehead atoms. The van der Waals surface area contributed by atoms with Crippen LogP contribution in [0.25, 0.3) is 0 Å². The molecule has 0 aliphatic rings. The van der Waals surface area contributed by atoms with Gasteiger partial charge in [0.15, 0.2) is 5.96 Å². The molecule has 6 nitrogen and oxygen atoms in total. The maximum absolute atomic E-state index is 13.1. The highest BCUT2D eigenvalue weighted by molar-refractivity contribution is 14.0. The second kappa shape index (κ2) is 12.0. The number of likely N-dealkylation sites (N-methyl/N-ethyl adjacent to an activating group) is 2. The van der Waals surface area contributed by atoms with E-state index < -0.39 is 0 Å². The summed E-state index contributed by atoms with van der Waals surface area (Å²) >= 11 is 0. The first-order valence-electron chi connectivity index (χ1n) is 7.99. The van der Waals surface area contributed by atoms with E-state index in [2.05, 4.69) is 20.5 Å². The zero-order valence-electron chi connectivity index (χ0n) is 15.5. The van der Waals surface area contributed by atoms with Gasteiger partial charge < -0.3 is 20.4 Å². The van der Waals surface area contributed by atoms with Crippen molar-refractivity contribution in [2.75, 3.05) is 47.8 Å². The number of hydrogen-bond donors (Lipinski definition) is 2. The number of benzene rings is 1. The van der Waals surface area contributed by atoms with Gasteiger partial charge in [0.2, 0.25) is 5.91 Å². The molecule has 0 heterocycles. The molecular weight excluding hydrogens is 436 g/mol. The number of rotatable bonds is 7. The Kier molecular flexibility index (Phi) is 11.3. The molecule has 0 aliphatic carbocycles. The highest BCUT2D eigenvalue weighted by Crippen LogP contribution is 2.17. The highest BCUT2D eigenvalue weighted by Gasteiger charge is 2.15. The minimum Gasteiger partial charge on any atom is -0.357 e. The van der Waals surface area contributed by atoms with Crippen LogP contribution in [0.3, 0.4) is 0 Å². The van der Waals surface area contributed by atoms with Gasteiger partial charge in [-0.2, -0.15) is 0 Å². The van der Waals surface area contributed by atoms with Crippen LogP contribution in [-0.2, 0) is 4.79 Å². The van der Waals surface area contributed by atoms with Crippen molar-refractivity contribution in [3.8, 4) is 0 Å². The van der Waals surface area contributed by atoms with Gasteiger partial charge in [0.1, 0.15) is 12.4 Å². The molecule has 0 saturated carbocycles. The van der Waals surface area contributed by atoms with Crippen molar-refractivity contribution in [2.45, 2.75) is 13.0 Å². The molecule has 0 spiro atoms. The first-order chi connectivity index (χ1) is 11.3. The van der Waals surface area contributed by atoms with Crippen LogP contribution in [-0.4, -0.2) is 69.5 Å². The molecular formula is C17H29FIN5O. The van der Waals surface area contributed by atoms with E-state index in [1.807, 2.05) is 21.0 Å². The lowest BCUT2D eigenvalue weighted by molar-refractivity contribution is -0.127. The molecule has 1 rings (SSSR count). The Bertz CT molecular complexity index is 548. The van der Waals surface area contributed by atoms with E-state index in [0.717, 1.165) is 5.56 Å². The molecule has 25 heavy (non-hydrogen) atoms. The van der Waals surface area contributed by atoms with Crippen LogP contribution in [0.15, 0.2) is 29.3 Å². The summed E-state index contributed by atoms with van der Waals surface area (Å²) in [6, 6.07) is 6.53. The second-order valence-electron chi connectivity index (χ2n) is 5.90. The molecule has 0 fully saturated rings. The van der Waals surface area contributed by atoms with Crippen LogP contribution in [0.5, 0.6) is 0 Å². The predicted molar refractivity (Wildman–Crippen MR) is 111 cm³/mol. The lowest BCUT2D eigenvalue weighted by Crippen LogP contribution is -2.42. The Morgan fingerprint density at radius 1 is 1.16 bits per heavy atom. The van der Waals surface area contributed by atoms with Gasteiger partial charge in [0.05, 0.1) is 6.04 Å². The average Bonchev–Trinajstić information content (AvgIpc) is 2.53. The number of hydrogen-bond acceptors (Lipinski definition) is 3. The summed E-state index contributed by atoms with van der Waals surface area (Å²) in [5.74, 6) is 0.276. The Labute approximate surface area is 166 Å². The fourth-order valence-corrected chi connectivity index (χ4v) is 2.11. The molecule has 0 aliphatic heterocycles. The van der Waals surface area contributed by atoms with Crippen LogP contribution in [0, 0.1) is 5.82 Å². The molecule has 0 radical (unpaired) electrons. The minimum atomic E-state index is -0.249. The van der Waals surface area contributed by atoms with E-state index in [4.69, 9.17) is 0 Å². The summed E-state index contributed by atoms with van der Waals surface area (Å²) in [5, 5.41) is 6.36. The summed E-state index contributed by atoms with van der Waals surface area (Å²) in [5.41, 5.74) is 1.01. The van der Waals surface area contributed by atoms with Crippen molar-refractivity contribution in [1.29, 1.82) is 0 Å². The summed E-state index contributed by atoms with van der Waals surface area (Å²) in [6.07, 6.45) is 0. The second-order valence-corrected chi connectivity index (χ2v) is 5.90. The highest BCUT2D eigenvalue weighted by atomic mass is 127. The molecule has 1 aromatic rings. The van der Waals surface area contributed by atoms with Gasteiger partial charge >= 0.3 is 0 Å². The molecule has 0 aromatic heterocycles. The maximum atomic E-state index is 13.1. The van der Waals surface area contributed by atoms with E-state index in [0.29, 0.717) is 19.0 Å². The van der Waals surface area contributed by atoms with Crippen molar-refractivity contribution in [3.05, 3.63) is 35.6 Å². The van der Waals surface area contributed by atoms with Crippen LogP contribution >= 0.6 is 24.0 Å². The third kappa shape index (κ3) is 8.48. The van der Waals surface area contributed by atoms with E-state index in [1.165, 1.54) is 17.0 Å². The van der Waals surface area contributed by atoms with Gasteiger partial charge in [-0.25, -0.2) is 9.38 Å². The number of guanidine groups is 1. The van der Waals surface area contributed by atoms with Gasteiger partial charge in [-0.3, -0.25) is 4.79 Å². The topological polar surface area (TPSA) is 60.0 Å². The first kappa shape index (κ1) is 23.6. The normalized spacial score (nSPS) is 12.4. The van der Waals surface area contributed by atoms with E-state index in [9.17, 15) is 9.18 Å². The Morgan fingerprint density at radius 2 is 1.76 bits per heavy atom. The summed E-state index contributed by atoms with van der Waals surface area (Å²) in [7, 11) is 7.34. The van der Waals surface area contributed by atoms with Crippen molar-refractivity contribution >= 4 is 35.8 Å². The molecule has 142 valence electrons. The molecule has 2 N–H and O–H groups in total. The monoisotopic (exact) mass is 465 g/mol. The Hall–Kier alpha value is -1.42. The maximum Gasteiger partial charge on any atom is 0.243 e. The van der Waals surface area contributed by atoms with Crippen LogP contribution in [0.2, 0.25) is 0 Å². The SMILES string of the molecule is CCNC(=NCC(=O)N(C)C)NCC(c1ccc(F)cc1)N(C)C.I. The van der Waals surface area contributed by atoms with E-state index in [-0.39, 0.29) is 48.3 Å². The lowest BCUT2D eigenvalue weighted by Gasteiger charge is -2.26. The number of carbonyl (C=O) groups is 1. The van der Waals surface area contributed by atoms with Crippen molar-refractivity contribution in [1.82, 2.24) is 20.4 Å². The van der Waals surface area contributed by atoms with E-state index in [1.54, 1.807) is 26.2 Å². The largest absolute Gasteiger partial charge is 0.357 e. The smallest absolute Gasteiger partial charge is 0.243 e. The number of amides is 1. The lowest BCUT2D eigenvalue weighted by atomic mass is 10.1. The predicted octanol–water partition coefficient (Wildman–Crippen LogP) is 1.69. The molecule has 1 unspecified atom stereocenters. The van der Waals surface area contributed by atoms with Crippen molar-refractivity contribution in [3.63, 3.8) is 0 Å². The molecule has 1 amide bonds. The first-order valence-corrected chi connectivity index (χ1v) is 7.99. The number of carbonyl (C=O) groups excluding carboxylic acids is 1. The van der Waals surface area contributed by atoms with Crippen LogP contribution in [0.4, 0.5) is 4.39 Å². The van der Waals surface area contributed by atoms with Crippen molar-refractivity contribution < 1.29 is 9.18 Å². The van der Waals surface area contributed by atoms with Gasteiger partial charge in [0.25, 0.3) is 0 Å². The van der Waals surface area contributed by atoms with Crippen LogP contribution in [0.1, 0.15) is 18.5 Å². The molecule has 1 aromatic carbocycles. The number of nitrogens with one attached hydrogen (secondary N) is 2. The third-order valence-corrected chi connectivity index (χ3v) is 3.56. The molecule has 0 saturated heterocycles. The third-order valence-electron chi connectivity index (χ3n) is 3.56. The summed E-state index contributed by atoms with van der Waals surface area (Å²) in [6.45, 7) is 3.34. The zero-order valence-corrected chi connectivity index (χ0v) is 17.9.